The summed E-state index contributed by atoms with van der Waals surface area (Å²) in [5, 5.41) is 14.0. The third-order valence-corrected chi connectivity index (χ3v) is 7.45. The second-order valence-electron chi connectivity index (χ2n) is 9.42. The van der Waals surface area contributed by atoms with Gasteiger partial charge in [0.05, 0.1) is 23.4 Å². The van der Waals surface area contributed by atoms with Crippen LogP contribution >= 0.6 is 11.3 Å². The van der Waals surface area contributed by atoms with Crippen molar-refractivity contribution in [2.45, 2.75) is 46.6 Å². The number of hydrogen-bond donors (Lipinski definition) is 3. The second kappa shape index (κ2) is 9.07. The van der Waals surface area contributed by atoms with Crippen LogP contribution in [0, 0.1) is 11.3 Å². The predicted molar refractivity (Wildman–Crippen MR) is 127 cm³/mol. The number of thiophene rings is 1. The fraction of sp³-hybridized carbons (Fsp3) is 0.417. The van der Waals surface area contributed by atoms with Crippen molar-refractivity contribution in [3.8, 4) is 0 Å². The number of hydrogen-bond acceptors (Lipinski definition) is 6. The molecule has 0 saturated carbocycles. The van der Waals surface area contributed by atoms with Gasteiger partial charge in [0.2, 0.25) is 0 Å². The van der Waals surface area contributed by atoms with Crippen molar-refractivity contribution in [1.29, 1.82) is 0 Å². The smallest absolute Gasteiger partial charge is 0.290 e. The van der Waals surface area contributed by atoms with Gasteiger partial charge in [0.1, 0.15) is 0 Å². The molecule has 0 bridgehead atoms. The summed E-state index contributed by atoms with van der Waals surface area (Å²) in [6.45, 7) is 6.42. The fourth-order valence-electron chi connectivity index (χ4n) is 4.26. The average molecular weight is 469 g/mol. The van der Waals surface area contributed by atoms with Crippen LogP contribution < -0.4 is 16.4 Å². The van der Waals surface area contributed by atoms with Crippen molar-refractivity contribution in [2.24, 2.45) is 11.3 Å². The number of aliphatic hydroxyl groups excluding tert-OH is 1. The maximum atomic E-state index is 12.8. The van der Waals surface area contributed by atoms with Crippen molar-refractivity contribution >= 4 is 33.9 Å². The van der Waals surface area contributed by atoms with Gasteiger partial charge in [0.25, 0.3) is 17.4 Å². The summed E-state index contributed by atoms with van der Waals surface area (Å²) in [7, 11) is 0. The van der Waals surface area contributed by atoms with Gasteiger partial charge in [-0.2, -0.15) is 5.10 Å². The van der Waals surface area contributed by atoms with Crippen LogP contribution in [0.4, 0.5) is 0 Å². The molecule has 1 atom stereocenters. The van der Waals surface area contributed by atoms with Gasteiger partial charge in [0.15, 0.2) is 5.69 Å². The quantitative estimate of drug-likeness (QED) is 0.510. The first-order valence-electron chi connectivity index (χ1n) is 11.0. The van der Waals surface area contributed by atoms with Crippen molar-refractivity contribution in [3.05, 3.63) is 61.7 Å². The van der Waals surface area contributed by atoms with E-state index < -0.39 is 11.5 Å². The number of aliphatic hydroxyl groups is 1. The fourth-order valence-corrected chi connectivity index (χ4v) is 5.36. The molecule has 33 heavy (non-hydrogen) atoms. The molecular formula is C24H28N4O4S. The number of nitrogens with zero attached hydrogens (tertiary/aromatic N) is 2. The number of rotatable bonds is 4. The second-order valence-corrected chi connectivity index (χ2v) is 10.6. The SMILES string of the molecule is CC(C)(C)C1CCc2sc(C(=O)NNC(=O)c3nn(CCO)c(=O)c4ccccc34)cc2C1. The Morgan fingerprint density at radius 1 is 1.18 bits per heavy atom. The molecule has 0 fully saturated rings. The highest BCUT2D eigenvalue weighted by molar-refractivity contribution is 7.14. The van der Waals surface area contributed by atoms with Crippen LogP contribution in [0.25, 0.3) is 10.8 Å². The molecular weight excluding hydrogens is 440 g/mol. The summed E-state index contributed by atoms with van der Waals surface area (Å²) in [5.41, 5.74) is 5.93. The Hall–Kier alpha value is -3.04. The number of aromatic nitrogens is 2. The van der Waals surface area contributed by atoms with Crippen LogP contribution in [-0.4, -0.2) is 33.3 Å². The minimum absolute atomic E-state index is 0.00237. The Labute approximate surface area is 195 Å². The Kier molecular flexibility index (Phi) is 6.36. The van der Waals surface area contributed by atoms with Crippen molar-refractivity contribution in [2.75, 3.05) is 6.61 Å². The molecule has 4 rings (SSSR count). The van der Waals surface area contributed by atoms with Gasteiger partial charge in [-0.3, -0.25) is 25.2 Å². The molecule has 0 aliphatic heterocycles. The third-order valence-electron chi connectivity index (χ3n) is 6.22. The minimum Gasteiger partial charge on any atom is -0.394 e. The third kappa shape index (κ3) is 4.69. The molecule has 1 aliphatic carbocycles. The van der Waals surface area contributed by atoms with Crippen LogP contribution in [0.5, 0.6) is 0 Å². The zero-order valence-corrected chi connectivity index (χ0v) is 19.8. The highest BCUT2D eigenvalue weighted by Gasteiger charge is 2.30. The summed E-state index contributed by atoms with van der Waals surface area (Å²) in [6.07, 6.45) is 3.03. The Morgan fingerprint density at radius 2 is 1.88 bits per heavy atom. The van der Waals surface area contributed by atoms with Gasteiger partial charge in [-0.05, 0) is 48.3 Å². The Bertz CT molecular complexity index is 1270. The lowest BCUT2D eigenvalue weighted by Gasteiger charge is -2.33. The zero-order valence-electron chi connectivity index (χ0n) is 19.0. The highest BCUT2D eigenvalue weighted by Crippen LogP contribution is 2.40. The normalized spacial score (nSPS) is 15.8. The van der Waals surface area contributed by atoms with E-state index in [-0.39, 0.29) is 30.2 Å². The summed E-state index contributed by atoms with van der Waals surface area (Å²) in [6, 6.07) is 8.55. The summed E-state index contributed by atoms with van der Waals surface area (Å²) < 4.78 is 1.05. The van der Waals surface area contributed by atoms with E-state index in [4.69, 9.17) is 0 Å². The molecule has 0 radical (unpaired) electrons. The molecule has 1 aromatic carbocycles. The van der Waals surface area contributed by atoms with Gasteiger partial charge in [0, 0.05) is 10.3 Å². The number of fused-ring (bicyclic) bond motifs is 2. The van der Waals surface area contributed by atoms with E-state index in [0.717, 1.165) is 23.9 Å². The van der Waals surface area contributed by atoms with E-state index in [2.05, 4.69) is 36.7 Å². The molecule has 174 valence electrons. The molecule has 1 unspecified atom stereocenters. The van der Waals surface area contributed by atoms with Gasteiger partial charge in [-0.15, -0.1) is 11.3 Å². The molecule has 9 heteroatoms. The predicted octanol–water partition coefficient (Wildman–Crippen LogP) is 2.68. The Morgan fingerprint density at radius 3 is 2.58 bits per heavy atom. The van der Waals surface area contributed by atoms with E-state index in [1.807, 2.05) is 6.07 Å². The molecule has 2 amide bonds. The number of hydrazine groups is 1. The molecule has 1 aliphatic rings. The lowest BCUT2D eigenvalue weighted by atomic mass is 9.72. The summed E-state index contributed by atoms with van der Waals surface area (Å²) >= 11 is 1.46. The number of aryl methyl sites for hydroxylation is 1. The Balaban J connectivity index is 1.51. The van der Waals surface area contributed by atoms with E-state index in [0.29, 0.717) is 21.6 Å². The van der Waals surface area contributed by atoms with Gasteiger partial charge in [-0.1, -0.05) is 39.0 Å². The molecule has 8 nitrogen and oxygen atoms in total. The van der Waals surface area contributed by atoms with Crippen molar-refractivity contribution in [1.82, 2.24) is 20.6 Å². The molecule has 3 N–H and O–H groups in total. The van der Waals surface area contributed by atoms with Crippen LogP contribution in [0.2, 0.25) is 0 Å². The van der Waals surface area contributed by atoms with Crippen LogP contribution in [-0.2, 0) is 19.4 Å². The minimum atomic E-state index is -0.639. The van der Waals surface area contributed by atoms with E-state index in [1.54, 1.807) is 24.3 Å². The van der Waals surface area contributed by atoms with E-state index in [1.165, 1.54) is 21.8 Å². The van der Waals surface area contributed by atoms with E-state index >= 15 is 0 Å². The topological polar surface area (TPSA) is 113 Å². The van der Waals surface area contributed by atoms with Crippen LogP contribution in [0.15, 0.2) is 35.1 Å². The molecule has 0 saturated heterocycles. The zero-order chi connectivity index (χ0) is 23.8. The maximum absolute atomic E-state index is 12.8. The summed E-state index contributed by atoms with van der Waals surface area (Å²) in [5.74, 6) is -0.451. The molecule has 2 aromatic heterocycles. The van der Waals surface area contributed by atoms with Crippen LogP contribution in [0.1, 0.15) is 57.8 Å². The van der Waals surface area contributed by atoms with Crippen molar-refractivity contribution < 1.29 is 14.7 Å². The standard InChI is InChI=1S/C24H28N4O4S/c1-24(2,3)15-8-9-18-14(12-15)13-19(33-18)21(30)25-26-22(31)20-16-6-4-5-7-17(16)23(32)28(27-20)10-11-29/h4-7,13,15,29H,8-12H2,1-3H3,(H,25,30)(H,26,31). The number of carbonyl (C=O) groups is 2. The van der Waals surface area contributed by atoms with E-state index in [9.17, 15) is 19.5 Å². The molecule has 3 aromatic rings. The van der Waals surface area contributed by atoms with Gasteiger partial charge >= 0.3 is 0 Å². The molecule has 0 spiro atoms. The number of amides is 2. The van der Waals surface area contributed by atoms with Gasteiger partial charge in [-0.25, -0.2) is 4.68 Å². The lowest BCUT2D eigenvalue weighted by Crippen LogP contribution is -2.42. The van der Waals surface area contributed by atoms with Crippen molar-refractivity contribution in [3.63, 3.8) is 0 Å². The first-order valence-corrected chi connectivity index (χ1v) is 11.8. The average Bonchev–Trinajstić information content (AvgIpc) is 3.22. The largest absolute Gasteiger partial charge is 0.394 e. The molecule has 2 heterocycles. The number of carbonyl (C=O) groups excluding carboxylic acids is 2. The monoisotopic (exact) mass is 468 g/mol. The highest BCUT2D eigenvalue weighted by atomic mass is 32.1. The maximum Gasteiger partial charge on any atom is 0.290 e. The number of benzene rings is 1. The van der Waals surface area contributed by atoms with Crippen LogP contribution in [0.3, 0.4) is 0 Å². The lowest BCUT2D eigenvalue weighted by molar-refractivity contribution is 0.0845. The van der Waals surface area contributed by atoms with Gasteiger partial charge < -0.3 is 5.11 Å². The first-order chi connectivity index (χ1) is 15.7. The summed E-state index contributed by atoms with van der Waals surface area (Å²) in [4.78, 5) is 39.9. The first kappa shape index (κ1) is 23.1. The number of nitrogens with one attached hydrogen (secondary N) is 2.